The minimum atomic E-state index is -0.351. The van der Waals surface area contributed by atoms with Crippen LogP contribution in [0.4, 0.5) is 4.39 Å². The fraction of sp³-hybridized carbons (Fsp3) is 0.300. The Labute approximate surface area is 95.4 Å². The molecule has 1 aromatic carbocycles. The first-order valence-corrected chi connectivity index (χ1v) is 5.38. The molecular weight excluding hydrogens is 270 g/mol. The number of hydrogen-bond donors (Lipinski definition) is 0. The van der Waals surface area contributed by atoms with Crippen molar-refractivity contribution >= 4 is 33.3 Å². The monoisotopic (exact) mass is 278 g/mol. The van der Waals surface area contributed by atoms with Crippen molar-refractivity contribution in [2.75, 3.05) is 0 Å². The maximum absolute atomic E-state index is 13.2. The smallest absolute Gasteiger partial charge is 0.143 e. The number of benzene rings is 1. The van der Waals surface area contributed by atoms with E-state index in [2.05, 4.69) is 15.9 Å². The van der Waals surface area contributed by atoms with Gasteiger partial charge in [0.15, 0.2) is 0 Å². The highest BCUT2D eigenvalue weighted by atomic mass is 79.9. The van der Waals surface area contributed by atoms with E-state index in [1.54, 1.807) is 0 Å². The molecule has 0 aliphatic carbocycles. The zero-order valence-corrected chi connectivity index (χ0v) is 9.90. The Bertz CT molecular complexity index is 354. The first kappa shape index (κ1) is 11.7. The second-order valence-corrected chi connectivity index (χ2v) is 4.56. The van der Waals surface area contributed by atoms with Crippen molar-refractivity contribution in [1.29, 1.82) is 0 Å². The number of halogens is 3. The molecule has 1 nitrogen and oxygen atoms in total. The maximum Gasteiger partial charge on any atom is 0.143 e. The van der Waals surface area contributed by atoms with Gasteiger partial charge in [0, 0.05) is 5.02 Å². The maximum atomic E-state index is 13.2. The zero-order chi connectivity index (χ0) is 10.7. The van der Waals surface area contributed by atoms with Crippen molar-refractivity contribution in [3.05, 3.63) is 34.6 Å². The molecule has 1 atom stereocenters. The van der Waals surface area contributed by atoms with E-state index < -0.39 is 0 Å². The van der Waals surface area contributed by atoms with Crippen LogP contribution in [-0.2, 0) is 11.2 Å². The van der Waals surface area contributed by atoms with Crippen LogP contribution in [0.5, 0.6) is 0 Å². The molecule has 0 aliphatic heterocycles. The number of ketones is 1. The van der Waals surface area contributed by atoms with Gasteiger partial charge in [-0.1, -0.05) is 27.5 Å². The Hall–Kier alpha value is -0.410. The molecule has 14 heavy (non-hydrogen) atoms. The number of alkyl halides is 1. The largest absolute Gasteiger partial charge is 0.299 e. The van der Waals surface area contributed by atoms with Gasteiger partial charge in [0.2, 0.25) is 0 Å². The molecule has 1 aromatic rings. The Morgan fingerprint density at radius 2 is 2.29 bits per heavy atom. The lowest BCUT2D eigenvalue weighted by Crippen LogP contribution is -2.13. The molecule has 0 fully saturated rings. The van der Waals surface area contributed by atoms with Crippen molar-refractivity contribution < 1.29 is 9.18 Å². The van der Waals surface area contributed by atoms with Crippen LogP contribution in [0, 0.1) is 5.82 Å². The van der Waals surface area contributed by atoms with Gasteiger partial charge in [-0.2, -0.15) is 0 Å². The summed E-state index contributed by atoms with van der Waals surface area (Å²) >= 11 is 8.89. The summed E-state index contributed by atoms with van der Waals surface area (Å²) in [5, 5.41) is 0.477. The van der Waals surface area contributed by atoms with Crippen molar-refractivity contribution in [2.24, 2.45) is 0 Å². The van der Waals surface area contributed by atoms with Crippen LogP contribution in [0.1, 0.15) is 12.5 Å². The number of carbonyl (C=O) groups is 1. The summed E-state index contributed by atoms with van der Waals surface area (Å²) in [5.74, 6) is -0.357. The Morgan fingerprint density at radius 1 is 1.64 bits per heavy atom. The SMILES string of the molecule is CC(=O)C(Br)Cc1cc(Cl)ccc1F. The number of rotatable bonds is 3. The van der Waals surface area contributed by atoms with Crippen LogP contribution in [0.15, 0.2) is 18.2 Å². The lowest BCUT2D eigenvalue weighted by molar-refractivity contribution is -0.116. The van der Waals surface area contributed by atoms with Crippen LogP contribution < -0.4 is 0 Å². The van der Waals surface area contributed by atoms with Gasteiger partial charge in [-0.15, -0.1) is 0 Å². The molecule has 4 heteroatoms. The molecule has 0 aliphatic rings. The van der Waals surface area contributed by atoms with Gasteiger partial charge in [-0.3, -0.25) is 4.79 Å². The molecule has 0 bridgehead atoms. The molecule has 0 N–H and O–H groups in total. The zero-order valence-electron chi connectivity index (χ0n) is 7.56. The molecular formula is C10H9BrClFO. The first-order chi connectivity index (χ1) is 6.50. The molecule has 0 saturated carbocycles. The predicted molar refractivity (Wildman–Crippen MR) is 58.5 cm³/mol. The summed E-state index contributed by atoms with van der Waals surface area (Å²) in [6.07, 6.45) is 0.321. The van der Waals surface area contributed by atoms with E-state index >= 15 is 0 Å². The van der Waals surface area contributed by atoms with Crippen molar-refractivity contribution in [3.63, 3.8) is 0 Å². The van der Waals surface area contributed by atoms with Gasteiger partial charge >= 0.3 is 0 Å². The highest BCUT2D eigenvalue weighted by Crippen LogP contribution is 2.18. The molecule has 0 aromatic heterocycles. The number of carbonyl (C=O) groups excluding carboxylic acids is 1. The minimum Gasteiger partial charge on any atom is -0.299 e. The second-order valence-electron chi connectivity index (χ2n) is 3.02. The number of hydrogen-bond acceptors (Lipinski definition) is 1. The normalized spacial score (nSPS) is 12.6. The van der Waals surface area contributed by atoms with E-state index in [-0.39, 0.29) is 16.4 Å². The van der Waals surface area contributed by atoms with E-state index in [4.69, 9.17) is 11.6 Å². The summed E-state index contributed by atoms with van der Waals surface area (Å²) in [6.45, 7) is 1.46. The second kappa shape index (κ2) is 4.89. The quantitative estimate of drug-likeness (QED) is 0.775. The van der Waals surface area contributed by atoms with Crippen molar-refractivity contribution in [3.8, 4) is 0 Å². The summed E-state index contributed by atoms with van der Waals surface area (Å²) in [5.41, 5.74) is 0.453. The van der Waals surface area contributed by atoms with Gasteiger partial charge in [0.1, 0.15) is 11.6 Å². The highest BCUT2D eigenvalue weighted by Gasteiger charge is 2.13. The minimum absolute atomic E-state index is 0.0237. The van der Waals surface area contributed by atoms with E-state index in [0.717, 1.165) is 0 Å². The van der Waals surface area contributed by atoms with Gasteiger partial charge in [0.25, 0.3) is 0 Å². The van der Waals surface area contributed by atoms with E-state index in [0.29, 0.717) is 17.0 Å². The predicted octanol–water partition coefficient (Wildman–Crippen LogP) is 3.37. The fourth-order valence-corrected chi connectivity index (χ4v) is 1.58. The van der Waals surface area contributed by atoms with Crippen molar-refractivity contribution in [2.45, 2.75) is 18.2 Å². The summed E-state index contributed by atoms with van der Waals surface area (Å²) in [6, 6.07) is 4.32. The molecule has 0 spiro atoms. The van der Waals surface area contributed by atoms with Crippen LogP contribution >= 0.6 is 27.5 Å². The number of Topliss-reactive ketones (excluding diaryl/α,β-unsaturated/α-hetero) is 1. The molecule has 1 unspecified atom stereocenters. The third-order valence-electron chi connectivity index (χ3n) is 1.85. The molecule has 76 valence electrons. The fourth-order valence-electron chi connectivity index (χ4n) is 1.04. The van der Waals surface area contributed by atoms with Gasteiger partial charge in [-0.25, -0.2) is 4.39 Å². The summed E-state index contributed by atoms with van der Waals surface area (Å²) < 4.78 is 13.2. The Morgan fingerprint density at radius 3 is 2.86 bits per heavy atom. The van der Waals surface area contributed by atoms with Crippen LogP contribution in [0.25, 0.3) is 0 Å². The first-order valence-electron chi connectivity index (χ1n) is 4.09. The molecule has 0 saturated heterocycles. The molecule has 0 radical (unpaired) electrons. The average Bonchev–Trinajstić information content (AvgIpc) is 2.11. The van der Waals surface area contributed by atoms with E-state index in [1.807, 2.05) is 0 Å². The summed E-state index contributed by atoms with van der Waals surface area (Å²) in [4.78, 5) is 10.6. The van der Waals surface area contributed by atoms with E-state index in [9.17, 15) is 9.18 Å². The van der Waals surface area contributed by atoms with Crippen LogP contribution in [0.3, 0.4) is 0 Å². The summed E-state index contributed by atoms with van der Waals surface area (Å²) in [7, 11) is 0. The van der Waals surface area contributed by atoms with Crippen LogP contribution in [-0.4, -0.2) is 10.6 Å². The highest BCUT2D eigenvalue weighted by molar-refractivity contribution is 9.10. The Balaban J connectivity index is 2.85. The molecule has 0 heterocycles. The average molecular weight is 280 g/mol. The topological polar surface area (TPSA) is 17.1 Å². The van der Waals surface area contributed by atoms with Crippen LogP contribution in [0.2, 0.25) is 5.02 Å². The lowest BCUT2D eigenvalue weighted by atomic mass is 10.1. The Kier molecular flexibility index (Phi) is 4.08. The standard InChI is InChI=1S/C10H9BrClFO/c1-6(14)9(11)5-7-4-8(12)2-3-10(7)13/h2-4,9H,5H2,1H3. The lowest BCUT2D eigenvalue weighted by Gasteiger charge is -2.07. The molecule has 1 rings (SSSR count). The van der Waals surface area contributed by atoms with Gasteiger partial charge in [-0.05, 0) is 37.1 Å². The van der Waals surface area contributed by atoms with E-state index in [1.165, 1.54) is 25.1 Å². The van der Waals surface area contributed by atoms with Crippen molar-refractivity contribution in [1.82, 2.24) is 0 Å². The third-order valence-corrected chi connectivity index (χ3v) is 3.05. The van der Waals surface area contributed by atoms with Gasteiger partial charge in [0.05, 0.1) is 4.83 Å². The molecule has 0 amide bonds. The third kappa shape index (κ3) is 3.07. The van der Waals surface area contributed by atoms with Gasteiger partial charge < -0.3 is 0 Å².